The van der Waals surface area contributed by atoms with Crippen LogP contribution in [0.5, 0.6) is 5.75 Å². The van der Waals surface area contributed by atoms with Crippen molar-refractivity contribution in [1.29, 1.82) is 0 Å². The van der Waals surface area contributed by atoms with Gasteiger partial charge in [0, 0.05) is 6.54 Å². The minimum atomic E-state index is -0.629. The Balaban J connectivity index is 1.79. The molecule has 4 rings (SSSR count). The quantitative estimate of drug-likeness (QED) is 0.423. The van der Waals surface area contributed by atoms with Crippen molar-refractivity contribution in [2.45, 2.75) is 72.1 Å². The van der Waals surface area contributed by atoms with Gasteiger partial charge in [0.2, 0.25) is 5.62 Å². The van der Waals surface area contributed by atoms with Gasteiger partial charge in [-0.1, -0.05) is 29.8 Å². The van der Waals surface area contributed by atoms with Gasteiger partial charge in [0.15, 0.2) is 0 Å². The molecule has 1 saturated carbocycles. The molecule has 1 heterocycles. The molecular formula is C28H34N4O5. The van der Waals surface area contributed by atoms with Crippen molar-refractivity contribution in [3.8, 4) is 5.75 Å². The van der Waals surface area contributed by atoms with E-state index in [1.54, 1.807) is 6.92 Å². The molecular weight excluding hydrogens is 472 g/mol. The van der Waals surface area contributed by atoms with Gasteiger partial charge in [0.1, 0.15) is 5.75 Å². The fourth-order valence-corrected chi connectivity index (χ4v) is 4.10. The number of hydrogen-bond donors (Lipinski definition) is 1. The van der Waals surface area contributed by atoms with Gasteiger partial charge >= 0.3 is 17.3 Å². The maximum atomic E-state index is 13.5. The maximum absolute atomic E-state index is 13.5. The topological polar surface area (TPSA) is 108 Å². The highest BCUT2D eigenvalue weighted by molar-refractivity contribution is 5.69. The van der Waals surface area contributed by atoms with E-state index in [2.05, 4.69) is 9.98 Å². The predicted molar refractivity (Wildman–Crippen MR) is 140 cm³/mol. The van der Waals surface area contributed by atoms with Crippen molar-refractivity contribution in [1.82, 2.24) is 14.1 Å². The highest BCUT2D eigenvalue weighted by Gasteiger charge is 2.27. The largest absolute Gasteiger partial charge is 0.491 e. The summed E-state index contributed by atoms with van der Waals surface area (Å²) < 4.78 is 13.4. The molecule has 1 aromatic heterocycles. The number of nitrogens with zero attached hydrogens (tertiary/aromatic N) is 3. The standard InChI is InChI=1S/C28H34N4O5/c1-5-36-25(33)14-15-31-27(34)30-26(32(28(31)35)17-20-8-6-19(4)7-9-20)29-22-12-13-24(37-18(2)3)23(16-22)21-10-11-21/h6-9,12-13,16,18,21H,5,10-11,14-15,17H2,1-4H3,(H,29,30,34). The molecule has 3 aromatic rings. The van der Waals surface area contributed by atoms with Crippen LogP contribution in [0.2, 0.25) is 0 Å². The third kappa shape index (κ3) is 6.67. The Hall–Kier alpha value is -3.88. The van der Waals surface area contributed by atoms with E-state index in [1.807, 2.05) is 63.2 Å². The lowest BCUT2D eigenvalue weighted by atomic mass is 10.1. The fourth-order valence-electron chi connectivity index (χ4n) is 4.10. The van der Waals surface area contributed by atoms with E-state index in [4.69, 9.17) is 9.47 Å². The van der Waals surface area contributed by atoms with Crippen molar-refractivity contribution >= 4 is 11.7 Å². The summed E-state index contributed by atoms with van der Waals surface area (Å²) in [5.74, 6) is 0.800. The average molecular weight is 507 g/mol. The van der Waals surface area contributed by atoms with E-state index in [9.17, 15) is 14.4 Å². The molecule has 196 valence electrons. The smallest absolute Gasteiger partial charge is 0.335 e. The summed E-state index contributed by atoms with van der Waals surface area (Å²) in [6.07, 6.45) is 2.16. The number of carbonyl (C=O) groups excluding carboxylic acids is 1. The molecule has 0 saturated heterocycles. The highest BCUT2D eigenvalue weighted by Crippen LogP contribution is 2.45. The van der Waals surface area contributed by atoms with Crippen molar-refractivity contribution in [2.75, 3.05) is 6.61 Å². The summed E-state index contributed by atoms with van der Waals surface area (Å²) in [7, 11) is 0. The van der Waals surface area contributed by atoms with Crippen LogP contribution in [0.15, 0.2) is 57.0 Å². The number of nitrogens with one attached hydrogen (secondary N) is 1. The molecule has 0 radical (unpaired) electrons. The molecule has 9 nitrogen and oxygen atoms in total. The first-order chi connectivity index (χ1) is 17.7. The zero-order valence-corrected chi connectivity index (χ0v) is 21.8. The van der Waals surface area contributed by atoms with Crippen LogP contribution < -0.4 is 21.7 Å². The first-order valence-corrected chi connectivity index (χ1v) is 12.8. The van der Waals surface area contributed by atoms with E-state index in [-0.39, 0.29) is 37.8 Å². The number of ether oxygens (including phenoxy) is 2. The number of aromatic amines is 1. The number of esters is 1. The Morgan fingerprint density at radius 1 is 1.11 bits per heavy atom. The van der Waals surface area contributed by atoms with Crippen molar-refractivity contribution < 1.29 is 14.3 Å². The summed E-state index contributed by atoms with van der Waals surface area (Å²) in [5.41, 5.74) is 2.66. The van der Waals surface area contributed by atoms with Crippen LogP contribution in [0.3, 0.4) is 0 Å². The van der Waals surface area contributed by atoms with Crippen molar-refractivity contribution in [3.05, 3.63) is 85.7 Å². The number of carbonyl (C=O) groups is 1. The molecule has 0 amide bonds. The molecule has 0 spiro atoms. The SMILES string of the molecule is CCOC(=O)CCn1c(=O)[nH]/c(=N\c2ccc(OC(C)C)c(C3CC3)c2)n(Cc2ccc(C)cc2)c1=O. The van der Waals surface area contributed by atoms with E-state index in [0.29, 0.717) is 11.6 Å². The van der Waals surface area contributed by atoms with E-state index in [0.717, 1.165) is 39.8 Å². The zero-order chi connectivity index (χ0) is 26.5. The first-order valence-electron chi connectivity index (χ1n) is 12.8. The van der Waals surface area contributed by atoms with Crippen LogP contribution in [0.4, 0.5) is 5.69 Å². The monoisotopic (exact) mass is 506 g/mol. The highest BCUT2D eigenvalue weighted by atomic mass is 16.5. The Kier molecular flexibility index (Phi) is 8.11. The Labute approximate surface area is 215 Å². The van der Waals surface area contributed by atoms with Crippen molar-refractivity contribution in [2.24, 2.45) is 4.99 Å². The number of aryl methyl sites for hydroxylation is 1. The number of H-pyrrole nitrogens is 1. The minimum absolute atomic E-state index is 0.0514. The van der Waals surface area contributed by atoms with Gasteiger partial charge < -0.3 is 9.47 Å². The lowest BCUT2D eigenvalue weighted by Crippen LogP contribution is -2.50. The predicted octanol–water partition coefficient (Wildman–Crippen LogP) is 3.55. The van der Waals surface area contributed by atoms with E-state index < -0.39 is 17.3 Å². The second-order valence-corrected chi connectivity index (χ2v) is 9.59. The van der Waals surface area contributed by atoms with Gasteiger partial charge in [0.05, 0.1) is 31.4 Å². The summed E-state index contributed by atoms with van der Waals surface area (Å²) in [6, 6.07) is 13.5. The van der Waals surface area contributed by atoms with Crippen LogP contribution in [-0.2, 0) is 22.6 Å². The van der Waals surface area contributed by atoms with Gasteiger partial charge in [-0.15, -0.1) is 0 Å². The Bertz CT molecular complexity index is 1440. The van der Waals surface area contributed by atoms with Crippen LogP contribution in [-0.4, -0.2) is 32.8 Å². The molecule has 2 aromatic carbocycles. The lowest BCUT2D eigenvalue weighted by Gasteiger charge is -2.15. The molecule has 37 heavy (non-hydrogen) atoms. The summed E-state index contributed by atoms with van der Waals surface area (Å²) in [5, 5.41) is 0. The van der Waals surface area contributed by atoms with E-state index in [1.165, 1.54) is 4.57 Å². The van der Waals surface area contributed by atoms with Gasteiger partial charge in [0.25, 0.3) is 0 Å². The minimum Gasteiger partial charge on any atom is -0.491 e. The number of benzene rings is 2. The number of aromatic nitrogens is 3. The molecule has 1 aliphatic carbocycles. The second kappa shape index (κ2) is 11.5. The molecule has 1 N–H and O–H groups in total. The average Bonchev–Trinajstić information content (AvgIpc) is 3.69. The van der Waals surface area contributed by atoms with Gasteiger partial charge in [-0.05, 0) is 75.8 Å². The lowest BCUT2D eigenvalue weighted by molar-refractivity contribution is -0.143. The fraction of sp³-hybridized carbons (Fsp3) is 0.429. The number of rotatable bonds is 10. The maximum Gasteiger partial charge on any atom is 0.335 e. The second-order valence-electron chi connectivity index (χ2n) is 9.59. The zero-order valence-electron chi connectivity index (χ0n) is 21.8. The molecule has 9 heteroatoms. The van der Waals surface area contributed by atoms with Crippen LogP contribution in [0.25, 0.3) is 0 Å². The first kappa shape index (κ1) is 26.2. The molecule has 0 bridgehead atoms. The Morgan fingerprint density at radius 2 is 1.84 bits per heavy atom. The van der Waals surface area contributed by atoms with Gasteiger partial charge in [-0.2, -0.15) is 0 Å². The molecule has 1 aliphatic rings. The molecule has 1 fully saturated rings. The van der Waals surface area contributed by atoms with Crippen LogP contribution in [0, 0.1) is 6.92 Å². The van der Waals surface area contributed by atoms with Crippen LogP contribution in [0.1, 0.15) is 62.6 Å². The van der Waals surface area contributed by atoms with E-state index >= 15 is 0 Å². The van der Waals surface area contributed by atoms with Gasteiger partial charge in [-0.25, -0.2) is 19.1 Å². The summed E-state index contributed by atoms with van der Waals surface area (Å²) >= 11 is 0. The molecule has 0 atom stereocenters. The summed E-state index contributed by atoms with van der Waals surface area (Å²) in [6.45, 7) is 8.03. The van der Waals surface area contributed by atoms with Gasteiger partial charge in [-0.3, -0.25) is 14.3 Å². The Morgan fingerprint density at radius 3 is 2.49 bits per heavy atom. The normalized spacial score (nSPS) is 13.7. The van der Waals surface area contributed by atoms with Crippen LogP contribution >= 0.6 is 0 Å². The third-order valence-corrected chi connectivity index (χ3v) is 6.10. The molecule has 0 unspecified atom stereocenters. The summed E-state index contributed by atoms with van der Waals surface area (Å²) in [4.78, 5) is 45.7. The van der Waals surface area contributed by atoms with Crippen molar-refractivity contribution in [3.63, 3.8) is 0 Å². The third-order valence-electron chi connectivity index (χ3n) is 6.10. The number of hydrogen-bond acceptors (Lipinski definition) is 6. The molecule has 0 aliphatic heterocycles.